The molecule has 0 saturated carbocycles. The van der Waals surface area contributed by atoms with E-state index in [2.05, 4.69) is 20.1 Å². The van der Waals surface area contributed by atoms with Crippen molar-refractivity contribution in [2.24, 2.45) is 11.5 Å². The van der Waals surface area contributed by atoms with Crippen LogP contribution < -0.4 is 22.5 Å². The van der Waals surface area contributed by atoms with Crippen molar-refractivity contribution in [3.05, 3.63) is 52.6 Å². The van der Waals surface area contributed by atoms with Gasteiger partial charge < -0.3 is 16.4 Å². The normalized spacial score (nSPS) is 18.8. The molecule has 4 rings (SSSR count). The zero-order valence-electron chi connectivity index (χ0n) is 20.1. The van der Waals surface area contributed by atoms with Crippen molar-refractivity contribution in [3.8, 4) is 5.69 Å². The van der Waals surface area contributed by atoms with Gasteiger partial charge >= 0.3 is 11.7 Å². The number of hydrogen-bond donors (Lipinski definition) is 3. The molecule has 0 bridgehead atoms. The summed E-state index contributed by atoms with van der Waals surface area (Å²) in [5, 5.41) is 2.74. The summed E-state index contributed by atoms with van der Waals surface area (Å²) in [4.78, 5) is 35.6. The van der Waals surface area contributed by atoms with Crippen LogP contribution in [0.5, 0.6) is 0 Å². The van der Waals surface area contributed by atoms with Crippen LogP contribution in [0.1, 0.15) is 32.3 Å². The van der Waals surface area contributed by atoms with Crippen molar-refractivity contribution >= 4 is 11.8 Å². The zero-order chi connectivity index (χ0) is 24.3. The van der Waals surface area contributed by atoms with E-state index in [4.69, 9.17) is 11.5 Å². The number of carbonyl (C=O) groups excluding carboxylic acids is 1. The molecule has 3 heterocycles. The molecule has 2 amide bonds. The molecule has 0 spiro atoms. The summed E-state index contributed by atoms with van der Waals surface area (Å²) in [5.74, 6) is 0.243. The number of nitrogens with zero attached hydrogens (tertiary/aromatic N) is 5. The van der Waals surface area contributed by atoms with Gasteiger partial charge in [-0.3, -0.25) is 19.7 Å². The summed E-state index contributed by atoms with van der Waals surface area (Å²) in [6.07, 6.45) is 3.70. The monoisotopic (exact) mass is 468 g/mol. The molecule has 1 aromatic carbocycles. The number of anilines is 1. The molecule has 2 aliphatic heterocycles. The first-order valence-corrected chi connectivity index (χ1v) is 12.0. The Balaban J connectivity index is 1.34. The lowest BCUT2D eigenvalue weighted by atomic mass is 10.1. The van der Waals surface area contributed by atoms with Crippen molar-refractivity contribution in [3.63, 3.8) is 0 Å². The number of benzene rings is 1. The summed E-state index contributed by atoms with van der Waals surface area (Å²) in [6, 6.07) is 9.61. The number of hydrogen-bond acceptors (Lipinski definition) is 7. The molecule has 5 N–H and O–H groups in total. The second-order valence-electron chi connectivity index (χ2n) is 9.80. The molecular formula is C24H36N8O2. The number of likely N-dealkylation sites (tertiary alicyclic amines) is 1. The third kappa shape index (κ3) is 6.01. The van der Waals surface area contributed by atoms with Crippen LogP contribution in [0.4, 0.5) is 10.6 Å². The lowest BCUT2D eigenvalue weighted by Crippen LogP contribution is -2.59. The molecule has 1 aromatic heterocycles. The van der Waals surface area contributed by atoms with Gasteiger partial charge in [-0.15, -0.1) is 0 Å². The Hall–Kier alpha value is -2.79. The Morgan fingerprint density at radius 3 is 2.29 bits per heavy atom. The smallest absolute Gasteiger partial charge is 0.328 e. The van der Waals surface area contributed by atoms with Crippen LogP contribution in [0.25, 0.3) is 5.69 Å². The van der Waals surface area contributed by atoms with Gasteiger partial charge in [0.05, 0.1) is 11.4 Å². The van der Waals surface area contributed by atoms with Crippen molar-refractivity contribution in [1.82, 2.24) is 24.3 Å². The van der Waals surface area contributed by atoms with Crippen molar-refractivity contribution in [1.29, 1.82) is 0 Å². The molecule has 2 aromatic rings. The van der Waals surface area contributed by atoms with Crippen LogP contribution in [0.2, 0.25) is 0 Å². The van der Waals surface area contributed by atoms with Crippen molar-refractivity contribution < 1.29 is 4.79 Å². The summed E-state index contributed by atoms with van der Waals surface area (Å²) in [6.45, 7) is 9.36. The summed E-state index contributed by atoms with van der Waals surface area (Å²) in [5.41, 5.74) is 13.2. The van der Waals surface area contributed by atoms with Gasteiger partial charge in [0.25, 0.3) is 0 Å². The molecule has 0 atom stereocenters. The fraction of sp³-hybridized carbons (Fsp3) is 0.542. The molecule has 0 aliphatic carbocycles. The molecule has 2 saturated heterocycles. The minimum atomic E-state index is -0.440. The molecular weight excluding hydrogens is 432 g/mol. The first-order chi connectivity index (χ1) is 16.2. The highest BCUT2D eigenvalue weighted by molar-refractivity contribution is 5.88. The highest BCUT2D eigenvalue weighted by atomic mass is 16.2. The van der Waals surface area contributed by atoms with E-state index in [0.29, 0.717) is 32.2 Å². The molecule has 2 aliphatic rings. The summed E-state index contributed by atoms with van der Waals surface area (Å²) >= 11 is 0. The maximum atomic E-state index is 12.6. The zero-order valence-corrected chi connectivity index (χ0v) is 20.1. The Morgan fingerprint density at radius 2 is 1.71 bits per heavy atom. The van der Waals surface area contributed by atoms with Gasteiger partial charge in [0.1, 0.15) is 5.82 Å². The van der Waals surface area contributed by atoms with E-state index in [-0.39, 0.29) is 11.8 Å². The standard InChI is InChI=1S/C24H36N8O2/c1-24(2,26)31-15-13-30(14-16-31)22(33)27-21-9-12-32(23(34)28-21)20-5-3-18(4-6-20)17-29-10-7-19(25)8-11-29/h3-6,9,12,19H,7-8,10-11,13-17,25-26H2,1-2H3,(H,27,28,33,34). The Morgan fingerprint density at radius 1 is 1.06 bits per heavy atom. The first kappa shape index (κ1) is 24.3. The van der Waals surface area contributed by atoms with E-state index in [1.165, 1.54) is 10.1 Å². The molecule has 10 nitrogen and oxygen atoms in total. The van der Waals surface area contributed by atoms with E-state index in [9.17, 15) is 9.59 Å². The maximum Gasteiger partial charge on any atom is 0.354 e. The molecule has 34 heavy (non-hydrogen) atoms. The van der Waals surface area contributed by atoms with E-state index in [1.807, 2.05) is 38.1 Å². The van der Waals surface area contributed by atoms with Gasteiger partial charge in [-0.05, 0) is 63.5 Å². The van der Waals surface area contributed by atoms with Crippen molar-refractivity contribution in [2.75, 3.05) is 44.6 Å². The van der Waals surface area contributed by atoms with Crippen LogP contribution in [0, 0.1) is 0 Å². The summed E-state index contributed by atoms with van der Waals surface area (Å²) in [7, 11) is 0. The Labute approximate surface area is 200 Å². The summed E-state index contributed by atoms with van der Waals surface area (Å²) < 4.78 is 1.47. The van der Waals surface area contributed by atoms with Crippen LogP contribution >= 0.6 is 0 Å². The number of piperazine rings is 1. The van der Waals surface area contributed by atoms with Crippen LogP contribution in [-0.4, -0.2) is 81.3 Å². The van der Waals surface area contributed by atoms with Gasteiger partial charge in [-0.2, -0.15) is 4.98 Å². The number of carbonyl (C=O) groups is 1. The molecule has 0 unspecified atom stereocenters. The Kier molecular flexibility index (Phi) is 7.32. The number of amides is 2. The highest BCUT2D eigenvalue weighted by Crippen LogP contribution is 2.15. The van der Waals surface area contributed by atoms with E-state index >= 15 is 0 Å². The third-order valence-electron chi connectivity index (χ3n) is 6.67. The maximum absolute atomic E-state index is 12.6. The topological polar surface area (TPSA) is 126 Å². The van der Waals surface area contributed by atoms with Crippen LogP contribution in [0.3, 0.4) is 0 Å². The minimum absolute atomic E-state index is 0.243. The van der Waals surface area contributed by atoms with E-state index < -0.39 is 11.4 Å². The lowest BCUT2D eigenvalue weighted by Gasteiger charge is -2.41. The first-order valence-electron chi connectivity index (χ1n) is 12.0. The lowest BCUT2D eigenvalue weighted by molar-refractivity contribution is 0.0703. The van der Waals surface area contributed by atoms with Gasteiger partial charge in [0.2, 0.25) is 0 Å². The SMILES string of the molecule is CC(C)(N)N1CCN(C(=O)Nc2ccn(-c3ccc(CN4CCC(N)CC4)cc3)c(=O)n2)CC1. The molecule has 10 heteroatoms. The number of urea groups is 1. The van der Waals surface area contributed by atoms with E-state index in [0.717, 1.165) is 38.2 Å². The molecule has 2 fully saturated rings. The fourth-order valence-corrected chi connectivity index (χ4v) is 4.47. The van der Waals surface area contributed by atoms with Crippen LogP contribution in [-0.2, 0) is 6.54 Å². The third-order valence-corrected chi connectivity index (χ3v) is 6.67. The number of nitrogens with one attached hydrogen (secondary N) is 1. The average Bonchev–Trinajstić information content (AvgIpc) is 2.81. The fourth-order valence-electron chi connectivity index (χ4n) is 4.47. The largest absolute Gasteiger partial charge is 0.354 e. The number of nitrogens with two attached hydrogens (primary N) is 2. The van der Waals surface area contributed by atoms with Gasteiger partial charge in [-0.25, -0.2) is 9.59 Å². The number of aromatic nitrogens is 2. The quantitative estimate of drug-likeness (QED) is 0.598. The second kappa shape index (κ2) is 10.2. The predicted molar refractivity (Wildman–Crippen MR) is 133 cm³/mol. The second-order valence-corrected chi connectivity index (χ2v) is 9.80. The average molecular weight is 469 g/mol. The van der Waals surface area contributed by atoms with Gasteiger partial charge in [0, 0.05) is 45.0 Å². The van der Waals surface area contributed by atoms with E-state index in [1.54, 1.807) is 17.2 Å². The Bertz CT molecular complexity index is 1030. The predicted octanol–water partition coefficient (Wildman–Crippen LogP) is 1.000. The van der Waals surface area contributed by atoms with Gasteiger partial charge in [0.15, 0.2) is 0 Å². The molecule has 0 radical (unpaired) electrons. The molecule has 184 valence electrons. The van der Waals surface area contributed by atoms with Crippen LogP contribution in [0.15, 0.2) is 41.3 Å². The number of piperidine rings is 1. The number of rotatable bonds is 5. The van der Waals surface area contributed by atoms with Crippen molar-refractivity contribution in [2.45, 2.75) is 44.9 Å². The van der Waals surface area contributed by atoms with Gasteiger partial charge in [-0.1, -0.05) is 12.1 Å². The minimum Gasteiger partial charge on any atom is -0.328 e. The highest BCUT2D eigenvalue weighted by Gasteiger charge is 2.28.